The Kier molecular flexibility index (Phi) is 5.95. The van der Waals surface area contributed by atoms with E-state index in [9.17, 15) is 9.90 Å². The minimum absolute atomic E-state index is 0.0624. The van der Waals surface area contributed by atoms with E-state index < -0.39 is 31.9 Å². The number of benzene rings is 1. The molecule has 1 heterocycles. The number of carbonyl (C=O) groups is 1. The van der Waals surface area contributed by atoms with Crippen LogP contribution in [0.3, 0.4) is 0 Å². The van der Waals surface area contributed by atoms with E-state index in [-0.39, 0.29) is 18.3 Å². The van der Waals surface area contributed by atoms with Gasteiger partial charge in [0.25, 0.3) is 0 Å². The van der Waals surface area contributed by atoms with Crippen LogP contribution in [0.15, 0.2) is 28.8 Å². The first-order chi connectivity index (χ1) is 13.4. The summed E-state index contributed by atoms with van der Waals surface area (Å²) in [5.74, 6) is 0.769. The molecule has 3 atom stereocenters. The van der Waals surface area contributed by atoms with Crippen LogP contribution in [0.1, 0.15) is 32.8 Å². The van der Waals surface area contributed by atoms with Crippen LogP contribution in [0.2, 0.25) is 18.1 Å². The molecule has 0 bridgehead atoms. The summed E-state index contributed by atoms with van der Waals surface area (Å²) >= 11 is 3.44. The van der Waals surface area contributed by atoms with E-state index in [4.69, 9.17) is 18.6 Å². The number of hydrogen-bond acceptors (Lipinski definition) is 6. The minimum Gasteiger partial charge on any atom is -0.468 e. The highest BCUT2D eigenvalue weighted by atomic mass is 79.9. The first-order valence-corrected chi connectivity index (χ1v) is 13.3. The fourth-order valence-electron chi connectivity index (χ4n) is 3.48. The van der Waals surface area contributed by atoms with Gasteiger partial charge in [-0.1, -0.05) is 42.8 Å². The zero-order chi connectivity index (χ0) is 21.6. The van der Waals surface area contributed by atoms with Crippen LogP contribution in [0, 0.1) is 0 Å². The molecule has 1 aliphatic carbocycles. The normalized spacial score (nSPS) is 26.8. The summed E-state index contributed by atoms with van der Waals surface area (Å²) < 4.78 is 23.5. The number of halogens is 1. The molecule has 0 fully saturated rings. The van der Waals surface area contributed by atoms with Crippen molar-refractivity contribution in [1.82, 2.24) is 0 Å². The van der Waals surface area contributed by atoms with Crippen LogP contribution in [-0.4, -0.2) is 45.5 Å². The first-order valence-electron chi connectivity index (χ1n) is 9.65. The standard InChI is InChI=1S/C21H29BrO6Si/c1-20(2,3)29(5,6)28-18-10-15(23)14(22)11-21(18,19(24)25-4)13-7-8-16-17(9-13)27-12-26-16/h7-9,11,15,18,23H,10,12H2,1-6H3/t15-,18-,21+/m1/s1. The SMILES string of the molecule is COC(=O)[C@]1(c2ccc3c(c2)OCO3)C=C(Br)[C@H](O)C[C@H]1O[Si](C)(C)C(C)(C)C. The molecule has 0 amide bonds. The molecule has 1 N–H and O–H groups in total. The Morgan fingerprint density at radius 2 is 1.93 bits per heavy atom. The number of esters is 1. The lowest BCUT2D eigenvalue weighted by Gasteiger charge is -2.47. The zero-order valence-electron chi connectivity index (χ0n) is 17.7. The van der Waals surface area contributed by atoms with E-state index in [1.807, 2.05) is 6.07 Å². The molecule has 0 aromatic heterocycles. The van der Waals surface area contributed by atoms with Crippen LogP contribution >= 0.6 is 15.9 Å². The van der Waals surface area contributed by atoms with Gasteiger partial charge in [0.15, 0.2) is 19.8 Å². The molecule has 6 nitrogen and oxygen atoms in total. The maximum atomic E-state index is 13.3. The molecule has 2 aliphatic rings. The van der Waals surface area contributed by atoms with Gasteiger partial charge in [-0.2, -0.15) is 0 Å². The molecule has 0 unspecified atom stereocenters. The third-order valence-electron chi connectivity index (χ3n) is 6.25. The fourth-order valence-corrected chi connectivity index (χ4v) is 5.38. The van der Waals surface area contributed by atoms with Crippen molar-refractivity contribution >= 4 is 30.2 Å². The molecule has 0 spiro atoms. The summed E-state index contributed by atoms with van der Waals surface area (Å²) in [5.41, 5.74) is -0.537. The first kappa shape index (κ1) is 22.3. The van der Waals surface area contributed by atoms with Crippen molar-refractivity contribution in [3.05, 3.63) is 34.3 Å². The monoisotopic (exact) mass is 484 g/mol. The molecule has 1 aromatic rings. The molecular formula is C21H29BrO6Si. The van der Waals surface area contributed by atoms with Gasteiger partial charge in [0, 0.05) is 10.9 Å². The van der Waals surface area contributed by atoms with Crippen molar-refractivity contribution in [1.29, 1.82) is 0 Å². The van der Waals surface area contributed by atoms with Crippen LogP contribution in [0.4, 0.5) is 0 Å². The predicted octanol–water partition coefficient (Wildman–Crippen LogP) is 4.26. The van der Waals surface area contributed by atoms with Crippen molar-refractivity contribution in [2.24, 2.45) is 0 Å². The average Bonchev–Trinajstić information content (AvgIpc) is 3.10. The Balaban J connectivity index is 2.18. The van der Waals surface area contributed by atoms with Gasteiger partial charge < -0.3 is 23.7 Å². The van der Waals surface area contributed by atoms with E-state index in [0.717, 1.165) is 0 Å². The summed E-state index contributed by atoms with van der Waals surface area (Å²) in [6.07, 6.45) is 0.652. The number of methoxy groups -OCH3 is 1. The highest BCUT2D eigenvalue weighted by Crippen LogP contribution is 2.48. The van der Waals surface area contributed by atoms with Crippen molar-refractivity contribution in [3.63, 3.8) is 0 Å². The number of ether oxygens (including phenoxy) is 3. The third-order valence-corrected chi connectivity index (χ3v) is 11.5. The smallest absolute Gasteiger partial charge is 0.322 e. The Bertz CT molecular complexity index is 831. The molecule has 160 valence electrons. The molecule has 1 aromatic carbocycles. The number of hydrogen-bond donors (Lipinski definition) is 1. The molecule has 29 heavy (non-hydrogen) atoms. The number of carbonyl (C=O) groups excluding carboxylic acids is 1. The van der Waals surface area contributed by atoms with Crippen molar-refractivity contribution in [2.45, 2.75) is 62.9 Å². The molecule has 0 radical (unpaired) electrons. The highest BCUT2D eigenvalue weighted by molar-refractivity contribution is 9.11. The number of fused-ring (bicyclic) bond motifs is 1. The van der Waals surface area contributed by atoms with Crippen molar-refractivity contribution < 1.29 is 28.5 Å². The Hall–Kier alpha value is -1.35. The Labute approximate surface area is 181 Å². The Morgan fingerprint density at radius 1 is 1.28 bits per heavy atom. The second-order valence-corrected chi connectivity index (χ2v) is 14.7. The summed E-state index contributed by atoms with van der Waals surface area (Å²) in [4.78, 5) is 13.3. The number of aliphatic hydroxyl groups excluding tert-OH is 1. The lowest BCUT2D eigenvalue weighted by atomic mass is 9.70. The molecule has 0 saturated heterocycles. The average molecular weight is 485 g/mol. The zero-order valence-corrected chi connectivity index (χ0v) is 20.3. The van der Waals surface area contributed by atoms with Gasteiger partial charge in [-0.15, -0.1) is 0 Å². The van der Waals surface area contributed by atoms with E-state index in [1.54, 1.807) is 18.2 Å². The third kappa shape index (κ3) is 3.87. The maximum Gasteiger partial charge on any atom is 0.322 e. The molecule has 0 saturated carbocycles. The van der Waals surface area contributed by atoms with Crippen molar-refractivity contribution in [2.75, 3.05) is 13.9 Å². The van der Waals surface area contributed by atoms with Gasteiger partial charge in [-0.3, -0.25) is 4.79 Å². The molecule has 8 heteroatoms. The van der Waals surface area contributed by atoms with Crippen LogP contribution in [-0.2, 0) is 19.4 Å². The quantitative estimate of drug-likeness (QED) is 0.508. The van der Waals surface area contributed by atoms with Crippen LogP contribution in [0.25, 0.3) is 0 Å². The predicted molar refractivity (Wildman–Crippen MR) is 116 cm³/mol. The van der Waals surface area contributed by atoms with Gasteiger partial charge in [0.2, 0.25) is 6.79 Å². The summed E-state index contributed by atoms with van der Waals surface area (Å²) in [7, 11) is -0.896. The highest BCUT2D eigenvalue weighted by Gasteiger charge is 2.54. The van der Waals surface area contributed by atoms with Crippen LogP contribution < -0.4 is 9.47 Å². The van der Waals surface area contributed by atoms with Crippen molar-refractivity contribution in [3.8, 4) is 11.5 Å². The van der Waals surface area contributed by atoms with E-state index in [1.165, 1.54) is 7.11 Å². The van der Waals surface area contributed by atoms with Crippen LogP contribution in [0.5, 0.6) is 11.5 Å². The number of rotatable bonds is 4. The number of aliphatic hydroxyl groups is 1. The van der Waals surface area contributed by atoms with Gasteiger partial charge in [-0.05, 0) is 41.9 Å². The van der Waals surface area contributed by atoms with Gasteiger partial charge in [0.05, 0.1) is 19.3 Å². The van der Waals surface area contributed by atoms with E-state index >= 15 is 0 Å². The van der Waals surface area contributed by atoms with Gasteiger partial charge >= 0.3 is 5.97 Å². The Morgan fingerprint density at radius 3 is 2.55 bits per heavy atom. The molecular weight excluding hydrogens is 456 g/mol. The maximum absolute atomic E-state index is 13.3. The van der Waals surface area contributed by atoms with Gasteiger partial charge in [-0.25, -0.2) is 0 Å². The summed E-state index contributed by atoms with van der Waals surface area (Å²) in [6, 6.07) is 5.43. The largest absolute Gasteiger partial charge is 0.468 e. The topological polar surface area (TPSA) is 74.2 Å². The second-order valence-electron chi connectivity index (χ2n) is 9.08. The van der Waals surface area contributed by atoms with Gasteiger partial charge in [0.1, 0.15) is 5.41 Å². The molecule has 1 aliphatic heterocycles. The minimum atomic E-state index is -2.26. The lowest BCUT2D eigenvalue weighted by molar-refractivity contribution is -0.150. The van der Waals surface area contributed by atoms with E-state index in [0.29, 0.717) is 21.5 Å². The summed E-state index contributed by atoms with van der Waals surface area (Å²) in [5, 5.41) is 10.5. The summed E-state index contributed by atoms with van der Waals surface area (Å²) in [6.45, 7) is 10.8. The fraction of sp³-hybridized carbons (Fsp3) is 0.571. The lowest BCUT2D eigenvalue weighted by Crippen LogP contribution is -2.56. The second kappa shape index (κ2) is 7.72. The van der Waals surface area contributed by atoms with E-state index in [2.05, 4.69) is 49.8 Å². The molecule has 3 rings (SSSR count).